The van der Waals surface area contributed by atoms with Gasteiger partial charge in [-0.1, -0.05) is 0 Å². The van der Waals surface area contributed by atoms with E-state index in [2.05, 4.69) is 5.10 Å². The van der Waals surface area contributed by atoms with Gasteiger partial charge in [0.25, 0.3) is 10.2 Å². The molecule has 1 aromatic rings. The summed E-state index contributed by atoms with van der Waals surface area (Å²) in [5, 5.41) is 4.32. The predicted molar refractivity (Wildman–Crippen MR) is 89.2 cm³/mol. The second kappa shape index (κ2) is 6.81. The molecule has 1 fully saturated rings. The summed E-state index contributed by atoms with van der Waals surface area (Å²) in [5.41, 5.74) is 0.903. The Kier molecular flexibility index (Phi) is 4.93. The molecule has 0 radical (unpaired) electrons. The number of hydrogen-bond acceptors (Lipinski definition) is 4. The van der Waals surface area contributed by atoms with Gasteiger partial charge in [-0.2, -0.15) is 22.1 Å². The average Bonchev–Trinajstić information content (AvgIpc) is 3.09. The number of fused-ring (bicyclic) bond motifs is 1. The van der Waals surface area contributed by atoms with Crippen LogP contribution in [0.15, 0.2) is 12.3 Å². The lowest BCUT2D eigenvalue weighted by Gasteiger charge is -2.27. The van der Waals surface area contributed by atoms with Crippen molar-refractivity contribution in [1.29, 1.82) is 0 Å². The van der Waals surface area contributed by atoms with E-state index in [1.807, 2.05) is 15.6 Å². The normalized spacial score (nSPS) is 22.9. The van der Waals surface area contributed by atoms with Gasteiger partial charge in [-0.05, 0) is 24.8 Å². The summed E-state index contributed by atoms with van der Waals surface area (Å²) in [6, 6.07) is 1.87. The van der Waals surface area contributed by atoms with Crippen LogP contribution >= 0.6 is 0 Å². The molecule has 3 rings (SSSR count). The molecule has 1 amide bonds. The highest BCUT2D eigenvalue weighted by atomic mass is 32.2. The third-order valence-corrected chi connectivity index (χ3v) is 6.66. The summed E-state index contributed by atoms with van der Waals surface area (Å²) in [6.07, 6.45) is 4.05. The van der Waals surface area contributed by atoms with Gasteiger partial charge in [0.1, 0.15) is 0 Å². The number of amides is 1. The summed E-state index contributed by atoms with van der Waals surface area (Å²) < 4.78 is 29.8. The molecular formula is C15H25N5O3S. The Balaban J connectivity index is 1.75. The highest BCUT2D eigenvalue weighted by molar-refractivity contribution is 7.86. The van der Waals surface area contributed by atoms with Crippen LogP contribution in [0.25, 0.3) is 0 Å². The fourth-order valence-electron chi connectivity index (χ4n) is 3.36. The van der Waals surface area contributed by atoms with E-state index in [9.17, 15) is 13.2 Å². The number of hydrogen-bond donors (Lipinski definition) is 0. The first-order valence-electron chi connectivity index (χ1n) is 8.34. The van der Waals surface area contributed by atoms with Gasteiger partial charge in [0.2, 0.25) is 5.91 Å². The van der Waals surface area contributed by atoms with Crippen molar-refractivity contribution in [3.05, 3.63) is 18.0 Å². The molecule has 1 aromatic heterocycles. The Morgan fingerprint density at radius 1 is 1.33 bits per heavy atom. The van der Waals surface area contributed by atoms with Gasteiger partial charge in [-0.25, -0.2) is 0 Å². The average molecular weight is 355 g/mol. The number of rotatable bonds is 5. The van der Waals surface area contributed by atoms with Gasteiger partial charge in [0.15, 0.2) is 0 Å². The highest BCUT2D eigenvalue weighted by Crippen LogP contribution is 2.22. The first kappa shape index (κ1) is 17.4. The molecule has 0 bridgehead atoms. The molecule has 24 heavy (non-hydrogen) atoms. The topological polar surface area (TPSA) is 78.8 Å². The summed E-state index contributed by atoms with van der Waals surface area (Å²) in [7, 11) is -0.378. The number of nitrogens with zero attached hydrogens (tertiary/aromatic N) is 5. The molecule has 8 nitrogen and oxygen atoms in total. The van der Waals surface area contributed by atoms with Gasteiger partial charge < -0.3 is 4.90 Å². The molecule has 0 spiro atoms. The van der Waals surface area contributed by atoms with E-state index in [0.29, 0.717) is 32.6 Å². The maximum absolute atomic E-state index is 12.6. The van der Waals surface area contributed by atoms with Gasteiger partial charge >= 0.3 is 0 Å². The molecule has 1 unspecified atom stereocenters. The second-order valence-corrected chi connectivity index (χ2v) is 8.87. The predicted octanol–water partition coefficient (Wildman–Crippen LogP) is 0.134. The van der Waals surface area contributed by atoms with E-state index in [4.69, 9.17) is 0 Å². The van der Waals surface area contributed by atoms with Gasteiger partial charge in [-0.3, -0.25) is 9.48 Å². The molecular weight excluding hydrogens is 330 g/mol. The number of aromatic nitrogens is 2. The van der Waals surface area contributed by atoms with Crippen molar-refractivity contribution in [2.75, 3.05) is 33.7 Å². The van der Waals surface area contributed by atoms with Crippen molar-refractivity contribution in [3.63, 3.8) is 0 Å². The van der Waals surface area contributed by atoms with Crippen molar-refractivity contribution >= 4 is 16.1 Å². The zero-order valence-electron chi connectivity index (χ0n) is 14.3. The first-order chi connectivity index (χ1) is 11.4. The van der Waals surface area contributed by atoms with Crippen LogP contribution in [-0.2, 0) is 28.1 Å². The lowest BCUT2D eigenvalue weighted by atomic mass is 10.1. The molecule has 2 aliphatic heterocycles. The molecule has 0 N–H and O–H groups in total. The lowest BCUT2D eigenvalue weighted by molar-refractivity contribution is -0.127. The van der Waals surface area contributed by atoms with Gasteiger partial charge in [0, 0.05) is 52.9 Å². The van der Waals surface area contributed by atoms with Crippen LogP contribution in [0.5, 0.6) is 0 Å². The monoisotopic (exact) mass is 355 g/mol. The summed E-state index contributed by atoms with van der Waals surface area (Å²) in [5.74, 6) is 0.343. The van der Waals surface area contributed by atoms with Crippen molar-refractivity contribution in [2.24, 2.45) is 5.92 Å². The molecule has 0 saturated carbocycles. The minimum atomic E-state index is -3.48. The van der Waals surface area contributed by atoms with Crippen LogP contribution in [-0.4, -0.2) is 71.3 Å². The molecule has 134 valence electrons. The summed E-state index contributed by atoms with van der Waals surface area (Å²) in [4.78, 5) is 13.7. The maximum atomic E-state index is 12.6. The Bertz CT molecular complexity index is 700. The van der Waals surface area contributed by atoms with Crippen LogP contribution in [0.4, 0.5) is 0 Å². The van der Waals surface area contributed by atoms with Crippen LogP contribution in [0.3, 0.4) is 0 Å². The minimum absolute atomic E-state index is 0.134. The van der Waals surface area contributed by atoms with Gasteiger partial charge in [0.05, 0.1) is 12.2 Å². The second-order valence-electron chi connectivity index (χ2n) is 6.73. The fourth-order valence-corrected chi connectivity index (χ4v) is 4.52. The van der Waals surface area contributed by atoms with E-state index < -0.39 is 10.2 Å². The van der Waals surface area contributed by atoms with Crippen molar-refractivity contribution in [2.45, 2.75) is 32.4 Å². The quantitative estimate of drug-likeness (QED) is 0.752. The summed E-state index contributed by atoms with van der Waals surface area (Å²) >= 11 is 0. The molecule has 1 saturated heterocycles. The summed E-state index contributed by atoms with van der Waals surface area (Å²) in [6.45, 7) is 2.98. The first-order valence-corrected chi connectivity index (χ1v) is 9.73. The lowest BCUT2D eigenvalue weighted by Crippen LogP contribution is -2.42. The Morgan fingerprint density at radius 3 is 2.79 bits per heavy atom. The van der Waals surface area contributed by atoms with Crippen LogP contribution in [0.1, 0.15) is 25.0 Å². The maximum Gasteiger partial charge on any atom is 0.281 e. The van der Waals surface area contributed by atoms with Crippen LogP contribution < -0.4 is 0 Å². The molecule has 0 aliphatic carbocycles. The SMILES string of the molecule is CN(C)S(=O)(=O)N1Cc2ccnn2CC(CCN2CCCC2=O)C1. The zero-order chi connectivity index (χ0) is 17.3. The van der Waals surface area contributed by atoms with E-state index in [-0.39, 0.29) is 11.8 Å². The fraction of sp³-hybridized carbons (Fsp3) is 0.733. The Hall–Kier alpha value is -1.45. The zero-order valence-corrected chi connectivity index (χ0v) is 15.1. The highest BCUT2D eigenvalue weighted by Gasteiger charge is 2.32. The number of carbonyl (C=O) groups is 1. The van der Waals surface area contributed by atoms with Gasteiger partial charge in [-0.15, -0.1) is 0 Å². The van der Waals surface area contributed by atoms with E-state index in [0.717, 1.165) is 25.1 Å². The van der Waals surface area contributed by atoms with Crippen LogP contribution in [0.2, 0.25) is 0 Å². The van der Waals surface area contributed by atoms with Crippen molar-refractivity contribution < 1.29 is 13.2 Å². The molecule has 3 heterocycles. The smallest absolute Gasteiger partial charge is 0.281 e. The third kappa shape index (κ3) is 3.47. The minimum Gasteiger partial charge on any atom is -0.343 e. The Morgan fingerprint density at radius 2 is 2.12 bits per heavy atom. The third-order valence-electron chi connectivity index (χ3n) is 4.80. The molecule has 2 aliphatic rings. The van der Waals surface area contributed by atoms with Crippen molar-refractivity contribution in [3.8, 4) is 0 Å². The largest absolute Gasteiger partial charge is 0.343 e. The molecule has 1 atom stereocenters. The standard InChI is InChI=1S/C15H25N5O3S/c1-17(2)24(22,23)19-10-13(6-9-18-8-3-4-15(18)21)11-20-14(12-19)5-7-16-20/h5,7,13H,3-4,6,8-12H2,1-2H3. The number of carbonyl (C=O) groups excluding carboxylic acids is 1. The van der Waals surface area contributed by atoms with Crippen molar-refractivity contribution in [1.82, 2.24) is 23.3 Å². The van der Waals surface area contributed by atoms with E-state index >= 15 is 0 Å². The van der Waals surface area contributed by atoms with E-state index in [1.54, 1.807) is 20.3 Å². The molecule has 0 aromatic carbocycles. The van der Waals surface area contributed by atoms with Crippen LogP contribution in [0, 0.1) is 5.92 Å². The Labute approximate surface area is 143 Å². The molecule has 9 heteroatoms. The van der Waals surface area contributed by atoms with E-state index in [1.165, 1.54) is 8.61 Å². The number of likely N-dealkylation sites (tertiary alicyclic amines) is 1.